The summed E-state index contributed by atoms with van der Waals surface area (Å²) in [6.07, 6.45) is 1.73. The number of hydrogen-bond donors (Lipinski definition) is 0. The Bertz CT molecular complexity index is 1240. The molecule has 0 radical (unpaired) electrons. The zero-order chi connectivity index (χ0) is 17.0. The summed E-state index contributed by atoms with van der Waals surface area (Å²) < 4.78 is 30.5. The van der Waals surface area contributed by atoms with Gasteiger partial charge in [-0.3, -0.25) is 0 Å². The molecular weight excluding hydrogens is 350 g/mol. The number of benzene rings is 1. The number of fused-ring (bicyclic) bond motifs is 2. The number of halogens is 2. The summed E-state index contributed by atoms with van der Waals surface area (Å²) in [6.45, 7) is 0. The first-order chi connectivity index (χ1) is 12.2. The summed E-state index contributed by atoms with van der Waals surface area (Å²) in [6, 6.07) is 7.46. The minimum Gasteiger partial charge on any atom is -0.204 e. The molecule has 0 aliphatic carbocycles. The van der Waals surface area contributed by atoms with Crippen LogP contribution in [0.5, 0.6) is 0 Å². The van der Waals surface area contributed by atoms with E-state index >= 15 is 0 Å². The molecule has 25 heavy (non-hydrogen) atoms. The van der Waals surface area contributed by atoms with E-state index in [0.717, 1.165) is 11.6 Å². The molecule has 5 rings (SSSR count). The highest BCUT2D eigenvalue weighted by Crippen LogP contribution is 2.29. The Morgan fingerprint density at radius 1 is 1.00 bits per heavy atom. The molecule has 122 valence electrons. The topological polar surface area (TPSA) is 86.2 Å². The second kappa shape index (κ2) is 5.08. The minimum absolute atomic E-state index is 0.000258. The number of aromatic nitrogens is 8. The Hall–Kier alpha value is -3.34. The van der Waals surface area contributed by atoms with E-state index in [1.165, 1.54) is 32.5 Å². The van der Waals surface area contributed by atoms with Gasteiger partial charge in [-0.25, -0.2) is 8.78 Å². The fourth-order valence-electron chi connectivity index (χ4n) is 2.45. The van der Waals surface area contributed by atoms with Crippen molar-refractivity contribution in [3.63, 3.8) is 0 Å². The Morgan fingerprint density at radius 2 is 1.92 bits per heavy atom. The fraction of sp³-hybridized carbons (Fsp3) is 0. The molecule has 0 aliphatic rings. The summed E-state index contributed by atoms with van der Waals surface area (Å²) in [5.41, 5.74) is 1.37. The lowest BCUT2D eigenvalue weighted by molar-refractivity contribution is 0.510. The van der Waals surface area contributed by atoms with Crippen LogP contribution in [0, 0.1) is 11.6 Å². The maximum atomic E-state index is 14.1. The third-order valence-corrected chi connectivity index (χ3v) is 4.57. The van der Waals surface area contributed by atoms with Gasteiger partial charge in [0.1, 0.15) is 5.01 Å². The maximum absolute atomic E-state index is 14.1. The van der Waals surface area contributed by atoms with Crippen LogP contribution in [0.15, 0.2) is 36.5 Å². The first-order valence-corrected chi connectivity index (χ1v) is 7.87. The van der Waals surface area contributed by atoms with E-state index in [-0.39, 0.29) is 11.4 Å². The smallest absolute Gasteiger partial charge is 0.204 e. The third-order valence-electron chi connectivity index (χ3n) is 3.62. The van der Waals surface area contributed by atoms with Gasteiger partial charge in [0.15, 0.2) is 23.1 Å². The molecule has 0 bridgehead atoms. The van der Waals surface area contributed by atoms with Crippen molar-refractivity contribution >= 4 is 21.9 Å². The second-order valence-corrected chi connectivity index (χ2v) is 6.08. The molecule has 0 saturated carbocycles. The molecule has 11 heteroatoms. The third kappa shape index (κ3) is 2.09. The monoisotopic (exact) mass is 356 g/mol. The number of pyridine rings is 1. The molecule has 0 saturated heterocycles. The molecule has 0 N–H and O–H groups in total. The van der Waals surface area contributed by atoms with Crippen LogP contribution in [0.25, 0.3) is 32.6 Å². The average molecular weight is 356 g/mol. The summed E-state index contributed by atoms with van der Waals surface area (Å²) in [4.78, 5) is 0.463. The second-order valence-electron chi connectivity index (χ2n) is 5.13. The normalized spacial score (nSPS) is 11.6. The van der Waals surface area contributed by atoms with E-state index in [4.69, 9.17) is 0 Å². The fourth-order valence-corrected chi connectivity index (χ4v) is 3.28. The predicted molar refractivity (Wildman–Crippen MR) is 83.8 cm³/mol. The number of tetrazole rings is 1. The van der Waals surface area contributed by atoms with Crippen molar-refractivity contribution in [3.05, 3.63) is 48.2 Å². The molecule has 0 aliphatic heterocycles. The van der Waals surface area contributed by atoms with E-state index in [9.17, 15) is 8.78 Å². The van der Waals surface area contributed by atoms with Crippen LogP contribution in [-0.4, -0.2) is 39.9 Å². The van der Waals surface area contributed by atoms with Crippen LogP contribution in [0.1, 0.15) is 0 Å². The molecule has 5 aromatic rings. The highest BCUT2D eigenvalue weighted by molar-refractivity contribution is 7.19. The van der Waals surface area contributed by atoms with Gasteiger partial charge in [-0.15, -0.1) is 15.3 Å². The lowest BCUT2D eigenvalue weighted by atomic mass is 10.2. The van der Waals surface area contributed by atoms with Crippen molar-refractivity contribution in [2.75, 3.05) is 0 Å². The number of rotatable bonds is 2. The van der Waals surface area contributed by atoms with Gasteiger partial charge in [0, 0.05) is 11.8 Å². The number of hydrogen-bond acceptors (Lipinski definition) is 7. The van der Waals surface area contributed by atoms with Crippen molar-refractivity contribution in [3.8, 4) is 22.0 Å². The molecular formula is C14H6F2N8S. The van der Waals surface area contributed by atoms with Crippen LogP contribution in [-0.2, 0) is 0 Å². The summed E-state index contributed by atoms with van der Waals surface area (Å²) in [7, 11) is 0. The van der Waals surface area contributed by atoms with Gasteiger partial charge < -0.3 is 0 Å². The molecule has 4 aromatic heterocycles. The molecule has 0 unspecified atom stereocenters. The van der Waals surface area contributed by atoms with Crippen molar-refractivity contribution in [1.29, 1.82) is 0 Å². The van der Waals surface area contributed by atoms with Gasteiger partial charge in [0.05, 0.1) is 5.56 Å². The van der Waals surface area contributed by atoms with Crippen LogP contribution in [0.4, 0.5) is 8.78 Å². The van der Waals surface area contributed by atoms with Crippen LogP contribution in [0.2, 0.25) is 0 Å². The Labute approximate surface area is 141 Å². The Kier molecular flexibility index (Phi) is 2.85. The van der Waals surface area contributed by atoms with Gasteiger partial charge in [-0.1, -0.05) is 17.4 Å². The van der Waals surface area contributed by atoms with E-state index in [2.05, 4.69) is 30.8 Å². The van der Waals surface area contributed by atoms with Gasteiger partial charge in [0.2, 0.25) is 4.96 Å². The Balaban J connectivity index is 1.67. The van der Waals surface area contributed by atoms with Crippen molar-refractivity contribution < 1.29 is 8.78 Å². The highest BCUT2D eigenvalue weighted by atomic mass is 32.1. The van der Waals surface area contributed by atoms with Crippen LogP contribution in [0.3, 0.4) is 0 Å². The van der Waals surface area contributed by atoms with Crippen molar-refractivity contribution in [2.24, 2.45) is 0 Å². The van der Waals surface area contributed by atoms with Crippen molar-refractivity contribution in [2.45, 2.75) is 0 Å². The quantitative estimate of drug-likeness (QED) is 0.482. The molecule has 1 aromatic carbocycles. The predicted octanol–water partition coefficient (Wildman–Crippen LogP) is 2.24. The Morgan fingerprint density at radius 3 is 2.84 bits per heavy atom. The molecule has 0 spiro atoms. The summed E-state index contributed by atoms with van der Waals surface area (Å²) in [5, 5.41) is 24.2. The molecule has 8 nitrogen and oxygen atoms in total. The zero-order valence-electron chi connectivity index (χ0n) is 12.2. The summed E-state index contributed by atoms with van der Waals surface area (Å²) in [5.74, 6) is -1.80. The highest BCUT2D eigenvalue weighted by Gasteiger charge is 2.19. The van der Waals surface area contributed by atoms with E-state index in [1.807, 2.05) is 6.07 Å². The van der Waals surface area contributed by atoms with Crippen LogP contribution >= 0.6 is 11.3 Å². The molecule has 0 fully saturated rings. The zero-order valence-corrected chi connectivity index (χ0v) is 13.0. The maximum Gasteiger partial charge on any atom is 0.235 e. The van der Waals surface area contributed by atoms with Gasteiger partial charge in [-0.2, -0.15) is 14.1 Å². The van der Waals surface area contributed by atoms with Gasteiger partial charge >= 0.3 is 0 Å². The standard InChI is InChI=1S/C14H6F2N8S/c15-9-3-1-2-8(11(9)16)12-18-19-14-24(12)20-13(25-14)7-4-5-10-17-21-22-23(10)6-7/h1-6H. The molecule has 0 atom stereocenters. The van der Waals surface area contributed by atoms with Gasteiger partial charge in [-0.05, 0) is 34.7 Å². The summed E-state index contributed by atoms with van der Waals surface area (Å²) >= 11 is 1.27. The molecule has 0 amide bonds. The van der Waals surface area contributed by atoms with E-state index in [0.29, 0.717) is 15.6 Å². The van der Waals surface area contributed by atoms with Gasteiger partial charge in [0.25, 0.3) is 0 Å². The first-order valence-electron chi connectivity index (χ1n) is 7.05. The van der Waals surface area contributed by atoms with E-state index in [1.54, 1.807) is 12.3 Å². The van der Waals surface area contributed by atoms with E-state index < -0.39 is 11.6 Å². The molecule has 4 heterocycles. The van der Waals surface area contributed by atoms with Crippen LogP contribution < -0.4 is 0 Å². The SMILES string of the molecule is Fc1cccc(-c2nnc3sc(-c4ccc5nnnn5c4)nn23)c1F. The average Bonchev–Trinajstić information content (AvgIpc) is 3.31. The van der Waals surface area contributed by atoms with Crippen molar-refractivity contribution in [1.82, 2.24) is 39.9 Å². The lowest BCUT2D eigenvalue weighted by Gasteiger charge is -2.00. The first kappa shape index (κ1) is 14.0. The lowest BCUT2D eigenvalue weighted by Crippen LogP contribution is -1.96. The largest absolute Gasteiger partial charge is 0.235 e. The number of nitrogens with zero attached hydrogens (tertiary/aromatic N) is 8. The minimum atomic E-state index is -0.985.